The highest BCUT2D eigenvalue weighted by atomic mass is 19.1. The molecule has 3 aliphatic heterocycles. The lowest BCUT2D eigenvalue weighted by atomic mass is 10.1. The maximum absolute atomic E-state index is 15.3. The summed E-state index contributed by atoms with van der Waals surface area (Å²) < 4.78 is 28.3. The molecule has 1 unspecified atom stereocenters. The van der Waals surface area contributed by atoms with E-state index in [0.717, 1.165) is 63.7 Å². The molecule has 8 heteroatoms. The molecule has 7 nitrogen and oxygen atoms in total. The van der Waals surface area contributed by atoms with E-state index in [1.165, 1.54) is 10.6 Å². The highest BCUT2D eigenvalue weighted by molar-refractivity contribution is 5.83. The van der Waals surface area contributed by atoms with E-state index in [-0.39, 0.29) is 30.1 Å². The van der Waals surface area contributed by atoms with E-state index >= 15 is 4.39 Å². The monoisotopic (exact) mass is 507 g/mol. The number of rotatable bonds is 7. The van der Waals surface area contributed by atoms with Crippen molar-refractivity contribution in [2.45, 2.75) is 50.3 Å². The van der Waals surface area contributed by atoms with Crippen LogP contribution < -0.4 is 15.2 Å². The second-order valence-corrected chi connectivity index (χ2v) is 10.4. The Hall–Kier alpha value is -2.94. The second-order valence-electron chi connectivity index (χ2n) is 10.4. The number of hydrogen-bond acceptors (Lipinski definition) is 6. The van der Waals surface area contributed by atoms with Crippen LogP contribution in [-0.4, -0.2) is 72.2 Å². The second kappa shape index (κ2) is 10.4. The molecular weight excluding hydrogens is 473 g/mol. The molecular formula is C29H34FN3O4. The first-order chi connectivity index (χ1) is 18.1. The number of ether oxygens (including phenoxy) is 2. The predicted octanol–water partition coefficient (Wildman–Crippen LogP) is 3.72. The number of benzene rings is 2. The summed E-state index contributed by atoms with van der Waals surface area (Å²) in [4.78, 5) is 17.7. The lowest BCUT2D eigenvalue weighted by molar-refractivity contribution is 0.0680. The number of hydrogen-bond donors (Lipinski definition) is 1. The molecule has 3 aromatic rings. The van der Waals surface area contributed by atoms with Crippen molar-refractivity contribution >= 4 is 16.5 Å². The fourth-order valence-electron chi connectivity index (χ4n) is 6.15. The summed E-state index contributed by atoms with van der Waals surface area (Å²) in [7, 11) is 0. The van der Waals surface area contributed by atoms with Crippen molar-refractivity contribution in [3.05, 3.63) is 64.8 Å². The van der Waals surface area contributed by atoms with Gasteiger partial charge in [-0.3, -0.25) is 14.3 Å². The molecule has 4 heterocycles. The van der Waals surface area contributed by atoms with Crippen molar-refractivity contribution in [1.29, 1.82) is 0 Å². The number of halogens is 1. The Labute approximate surface area is 216 Å². The minimum Gasteiger partial charge on any atom is -0.491 e. The lowest BCUT2D eigenvalue weighted by Crippen LogP contribution is -2.42. The molecule has 1 aromatic heterocycles. The first-order valence-corrected chi connectivity index (χ1v) is 13.4. The minimum absolute atomic E-state index is 0.130. The Bertz CT molecular complexity index is 1320. The number of fused-ring (bicyclic) bond motifs is 1. The normalized spacial score (nSPS) is 24.4. The van der Waals surface area contributed by atoms with Crippen LogP contribution in [0.25, 0.3) is 16.5 Å². The van der Waals surface area contributed by atoms with Gasteiger partial charge < -0.3 is 19.5 Å². The number of aromatic nitrogens is 1. The molecule has 0 bridgehead atoms. The van der Waals surface area contributed by atoms with Gasteiger partial charge in [0.2, 0.25) is 0 Å². The Morgan fingerprint density at radius 3 is 2.78 bits per heavy atom. The number of pyridine rings is 1. The Kier molecular flexibility index (Phi) is 6.88. The molecule has 37 heavy (non-hydrogen) atoms. The van der Waals surface area contributed by atoms with Crippen molar-refractivity contribution in [3.8, 4) is 11.4 Å². The smallest absolute Gasteiger partial charge is 0.262 e. The summed E-state index contributed by atoms with van der Waals surface area (Å²) in [5, 5.41) is 11.0. The Balaban J connectivity index is 1.18. The van der Waals surface area contributed by atoms with Crippen molar-refractivity contribution in [2.75, 3.05) is 44.4 Å². The van der Waals surface area contributed by atoms with Crippen molar-refractivity contribution in [2.24, 2.45) is 0 Å². The number of anilines is 1. The van der Waals surface area contributed by atoms with Crippen molar-refractivity contribution in [3.63, 3.8) is 0 Å². The van der Waals surface area contributed by atoms with Crippen LogP contribution in [0.4, 0.5) is 10.1 Å². The van der Waals surface area contributed by atoms with E-state index in [1.807, 2.05) is 18.2 Å². The molecule has 0 radical (unpaired) electrons. The number of nitrogens with zero attached hydrogens (tertiary/aromatic N) is 3. The fourth-order valence-corrected chi connectivity index (χ4v) is 6.15. The van der Waals surface area contributed by atoms with Gasteiger partial charge in [-0.1, -0.05) is 0 Å². The van der Waals surface area contributed by atoms with Gasteiger partial charge in [0.1, 0.15) is 18.2 Å². The van der Waals surface area contributed by atoms with E-state index in [1.54, 1.807) is 24.4 Å². The quantitative estimate of drug-likeness (QED) is 0.526. The standard InChI is InChI=1S/C29H34FN3O4/c30-27-16-21(5-8-28(27)31-12-10-22(17-31)32-11-1-3-23(32)18-34)33-13-9-20-15-24(6-7-26(20)29(33)35)37-19-25-4-2-14-36-25/h5-9,13,15-16,22-23,25,34H,1-4,10-12,14,17-19H2/t22?,23-,25+/m0/s1. The molecule has 3 aliphatic rings. The molecule has 6 rings (SSSR count). The third kappa shape index (κ3) is 4.85. The molecule has 2 aromatic carbocycles. The zero-order valence-electron chi connectivity index (χ0n) is 21.0. The predicted molar refractivity (Wildman–Crippen MR) is 141 cm³/mol. The zero-order chi connectivity index (χ0) is 25.4. The summed E-state index contributed by atoms with van der Waals surface area (Å²) in [6.45, 7) is 4.01. The minimum atomic E-state index is -0.330. The van der Waals surface area contributed by atoms with Crippen LogP contribution in [0.1, 0.15) is 32.1 Å². The molecule has 0 saturated carbocycles. The summed E-state index contributed by atoms with van der Waals surface area (Å²) >= 11 is 0. The SMILES string of the molecule is O=c1c2ccc(OC[C@H]3CCCO3)cc2ccn1-c1ccc(N2CCC(N3CCC[C@H]3CO)C2)c(F)c1. The van der Waals surface area contributed by atoms with Crippen molar-refractivity contribution < 1.29 is 19.0 Å². The average Bonchev–Trinajstić information content (AvgIpc) is 3.69. The van der Waals surface area contributed by atoms with Crippen LogP contribution >= 0.6 is 0 Å². The Morgan fingerprint density at radius 2 is 1.97 bits per heavy atom. The fraction of sp³-hybridized carbons (Fsp3) is 0.483. The zero-order valence-corrected chi connectivity index (χ0v) is 21.0. The van der Waals surface area contributed by atoms with Crippen LogP contribution in [-0.2, 0) is 4.74 Å². The van der Waals surface area contributed by atoms with Crippen LogP contribution in [0.5, 0.6) is 5.75 Å². The molecule has 0 spiro atoms. The van der Waals surface area contributed by atoms with Gasteiger partial charge in [0.25, 0.3) is 5.56 Å². The summed E-state index contributed by atoms with van der Waals surface area (Å²) in [6, 6.07) is 12.9. The number of likely N-dealkylation sites (tertiary alicyclic amines) is 1. The number of aliphatic hydroxyl groups is 1. The molecule has 1 N–H and O–H groups in total. The van der Waals surface area contributed by atoms with Gasteiger partial charge in [0, 0.05) is 49.4 Å². The maximum atomic E-state index is 15.3. The highest BCUT2D eigenvalue weighted by Gasteiger charge is 2.35. The third-order valence-electron chi connectivity index (χ3n) is 8.15. The van der Waals surface area contributed by atoms with Gasteiger partial charge in [0.05, 0.1) is 24.1 Å². The van der Waals surface area contributed by atoms with E-state index in [4.69, 9.17) is 9.47 Å². The van der Waals surface area contributed by atoms with E-state index in [9.17, 15) is 9.90 Å². The van der Waals surface area contributed by atoms with Gasteiger partial charge in [-0.05, 0) is 80.4 Å². The van der Waals surface area contributed by atoms with Gasteiger partial charge >= 0.3 is 0 Å². The molecule has 3 atom stereocenters. The molecule has 3 fully saturated rings. The Morgan fingerprint density at radius 1 is 1.05 bits per heavy atom. The van der Waals surface area contributed by atoms with Gasteiger partial charge in [-0.15, -0.1) is 0 Å². The lowest BCUT2D eigenvalue weighted by Gasteiger charge is -2.29. The van der Waals surface area contributed by atoms with Crippen LogP contribution in [0.2, 0.25) is 0 Å². The summed E-state index contributed by atoms with van der Waals surface area (Å²) in [6.07, 6.45) is 6.99. The average molecular weight is 508 g/mol. The largest absolute Gasteiger partial charge is 0.491 e. The van der Waals surface area contributed by atoms with Crippen molar-refractivity contribution in [1.82, 2.24) is 9.47 Å². The van der Waals surface area contributed by atoms with E-state index in [0.29, 0.717) is 35.2 Å². The van der Waals surface area contributed by atoms with Crippen LogP contribution in [0, 0.1) is 5.82 Å². The van der Waals surface area contributed by atoms with E-state index < -0.39 is 0 Å². The topological polar surface area (TPSA) is 67.2 Å². The van der Waals surface area contributed by atoms with Gasteiger partial charge in [-0.25, -0.2) is 4.39 Å². The summed E-state index contributed by atoms with van der Waals surface area (Å²) in [5.74, 6) is 0.377. The molecule has 0 amide bonds. The van der Waals surface area contributed by atoms with Gasteiger partial charge in [0.15, 0.2) is 0 Å². The third-order valence-corrected chi connectivity index (χ3v) is 8.15. The van der Waals surface area contributed by atoms with Crippen LogP contribution in [0.15, 0.2) is 53.5 Å². The maximum Gasteiger partial charge on any atom is 0.262 e. The highest BCUT2D eigenvalue weighted by Crippen LogP contribution is 2.30. The number of aliphatic hydroxyl groups excluding tert-OH is 1. The molecule has 0 aliphatic carbocycles. The van der Waals surface area contributed by atoms with Crippen LogP contribution in [0.3, 0.4) is 0 Å². The van der Waals surface area contributed by atoms with E-state index in [2.05, 4.69) is 9.80 Å². The molecule has 3 saturated heterocycles. The first kappa shape index (κ1) is 24.4. The van der Waals surface area contributed by atoms with Gasteiger partial charge in [-0.2, -0.15) is 0 Å². The molecule has 196 valence electrons. The summed E-state index contributed by atoms with van der Waals surface area (Å²) in [5.41, 5.74) is 0.871. The first-order valence-electron chi connectivity index (χ1n) is 13.4.